The molecule has 1 amide bonds. The molecule has 3 heterocycles. The number of ether oxygens (including phenoxy) is 2. The van der Waals surface area contributed by atoms with Gasteiger partial charge in [0.05, 0.1) is 0 Å². The number of carbonyl (C=O) groups is 1. The Morgan fingerprint density at radius 1 is 1.32 bits per heavy atom. The molecular weight excluding hydrogens is 446 g/mol. The average molecular weight is 478 g/mol. The Labute approximate surface area is 189 Å². The Bertz CT molecular complexity index is 807. The van der Waals surface area contributed by atoms with E-state index in [9.17, 15) is 13.2 Å². The number of methoxy groups -OCH3 is 1. The number of amides is 1. The second-order valence-corrected chi connectivity index (χ2v) is 10.2. The van der Waals surface area contributed by atoms with Gasteiger partial charge in [-0.2, -0.15) is 0 Å². The molecule has 0 atom stereocenters. The molecule has 0 aromatic carbocycles. The zero-order valence-corrected chi connectivity index (χ0v) is 19.4. The zero-order chi connectivity index (χ0) is 21.6. The van der Waals surface area contributed by atoms with Gasteiger partial charge in [-0.1, -0.05) is 6.07 Å². The molecule has 2 saturated heterocycles. The van der Waals surface area contributed by atoms with Gasteiger partial charge in [0.25, 0.3) is 5.91 Å². The second-order valence-electron chi connectivity index (χ2n) is 7.91. The summed E-state index contributed by atoms with van der Waals surface area (Å²) in [5.41, 5.74) is 3.69. The van der Waals surface area contributed by atoms with Crippen LogP contribution in [0.2, 0.25) is 0 Å². The minimum absolute atomic E-state index is 0. The Hall–Kier alpha value is -1.30. The third-order valence-electron chi connectivity index (χ3n) is 6.18. The molecule has 0 bridgehead atoms. The van der Waals surface area contributed by atoms with E-state index in [2.05, 4.69) is 11.1 Å². The summed E-state index contributed by atoms with van der Waals surface area (Å²) in [5, 5.41) is 9.16. The van der Waals surface area contributed by atoms with Gasteiger partial charge in [-0.05, 0) is 37.3 Å². The summed E-state index contributed by atoms with van der Waals surface area (Å²) in [7, 11) is -2.25. The number of piperidine rings is 1. The fourth-order valence-electron chi connectivity index (χ4n) is 4.29. The lowest BCUT2D eigenvalue weighted by Crippen LogP contribution is -2.60. The number of rotatable bonds is 8. The predicted molar refractivity (Wildman–Crippen MR) is 117 cm³/mol. The molecule has 0 saturated carbocycles. The Balaban J connectivity index is 0.00000341. The summed E-state index contributed by atoms with van der Waals surface area (Å²) in [6.45, 7) is 1.71. The molecule has 1 aromatic rings. The Kier molecular flexibility index (Phi) is 9.66. The van der Waals surface area contributed by atoms with E-state index in [1.807, 2.05) is 12.3 Å². The van der Waals surface area contributed by atoms with E-state index in [1.54, 1.807) is 12.6 Å². The maximum atomic E-state index is 13.3. The van der Waals surface area contributed by atoms with Crippen LogP contribution < -0.4 is 5.48 Å². The largest absolute Gasteiger partial charge is 0.385 e. The topological polar surface area (TPSA) is 118 Å². The highest BCUT2D eigenvalue weighted by Gasteiger charge is 2.54. The minimum atomic E-state index is -3.93. The third-order valence-corrected chi connectivity index (χ3v) is 8.81. The number of sulfonamides is 1. The minimum Gasteiger partial charge on any atom is -0.385 e. The number of nitrogens with one attached hydrogen (secondary N) is 1. The zero-order valence-electron chi connectivity index (χ0n) is 17.8. The molecule has 9 nitrogen and oxygen atoms in total. The van der Waals surface area contributed by atoms with E-state index in [0.29, 0.717) is 25.9 Å². The lowest BCUT2D eigenvalue weighted by molar-refractivity contribution is -0.134. The van der Waals surface area contributed by atoms with Gasteiger partial charge in [0.1, 0.15) is 0 Å². The van der Waals surface area contributed by atoms with Crippen molar-refractivity contribution in [3.05, 3.63) is 29.6 Å². The molecule has 2 aliphatic rings. The van der Waals surface area contributed by atoms with Gasteiger partial charge in [0.2, 0.25) is 10.0 Å². The average Bonchev–Trinajstić information content (AvgIpc) is 2.79. The smallest absolute Gasteiger partial charge is 0.266 e. The number of halogens is 1. The summed E-state index contributed by atoms with van der Waals surface area (Å²) in [4.78, 5) is 16.9. The molecule has 0 unspecified atom stereocenters. The van der Waals surface area contributed by atoms with Crippen molar-refractivity contribution in [3.8, 4) is 0 Å². The number of aryl methyl sites for hydroxylation is 1. The first-order chi connectivity index (χ1) is 14.4. The van der Waals surface area contributed by atoms with E-state index < -0.39 is 20.7 Å². The van der Waals surface area contributed by atoms with Gasteiger partial charge in [0.15, 0.2) is 4.75 Å². The fourth-order valence-corrected chi connectivity index (χ4v) is 6.44. The van der Waals surface area contributed by atoms with Crippen LogP contribution in [0.4, 0.5) is 0 Å². The number of hydroxylamine groups is 1. The number of hydrogen-bond acceptors (Lipinski definition) is 7. The van der Waals surface area contributed by atoms with Crippen molar-refractivity contribution < 1.29 is 27.9 Å². The number of carbonyl (C=O) groups excluding carboxylic acids is 1. The number of nitrogens with zero attached hydrogens (tertiary/aromatic N) is 2. The first-order valence-electron chi connectivity index (χ1n) is 10.4. The number of aromatic nitrogens is 1. The molecular formula is C20H32ClN3O6S. The molecule has 0 radical (unpaired) electrons. The fraction of sp³-hybridized carbons (Fsp3) is 0.700. The Morgan fingerprint density at radius 2 is 2.00 bits per heavy atom. The van der Waals surface area contributed by atoms with Crippen LogP contribution in [0.15, 0.2) is 18.3 Å². The van der Waals surface area contributed by atoms with Crippen molar-refractivity contribution in [2.24, 2.45) is 0 Å². The van der Waals surface area contributed by atoms with Gasteiger partial charge in [0, 0.05) is 70.7 Å². The maximum absolute atomic E-state index is 13.3. The maximum Gasteiger partial charge on any atom is 0.266 e. The van der Waals surface area contributed by atoms with Crippen molar-refractivity contribution in [2.75, 3.05) is 40.0 Å². The van der Waals surface area contributed by atoms with Crippen LogP contribution in [0, 0.1) is 0 Å². The van der Waals surface area contributed by atoms with Crippen molar-refractivity contribution in [3.63, 3.8) is 0 Å². The van der Waals surface area contributed by atoms with Crippen LogP contribution in [0.1, 0.15) is 49.3 Å². The molecule has 0 spiro atoms. The number of pyridine rings is 1. The highest BCUT2D eigenvalue weighted by molar-refractivity contribution is 7.91. The SMILES string of the molecule is COCCCc1ccc(C2CCN(S(=O)(=O)C3(C(=O)NO)CCOCC3)CC2)nc1.Cl. The third kappa shape index (κ3) is 5.55. The van der Waals surface area contributed by atoms with Crippen LogP contribution in [-0.2, 0) is 30.7 Å². The summed E-state index contributed by atoms with van der Waals surface area (Å²) < 4.78 is 36.7. The summed E-state index contributed by atoms with van der Waals surface area (Å²) in [6.07, 6.45) is 5.10. The summed E-state index contributed by atoms with van der Waals surface area (Å²) in [5.74, 6) is -0.694. The van der Waals surface area contributed by atoms with Gasteiger partial charge in [-0.25, -0.2) is 18.2 Å². The van der Waals surface area contributed by atoms with E-state index in [0.717, 1.165) is 30.7 Å². The highest BCUT2D eigenvalue weighted by atomic mass is 35.5. The molecule has 2 fully saturated rings. The van der Waals surface area contributed by atoms with E-state index in [1.165, 1.54) is 4.31 Å². The van der Waals surface area contributed by atoms with Gasteiger partial charge < -0.3 is 9.47 Å². The van der Waals surface area contributed by atoms with Crippen LogP contribution in [0.25, 0.3) is 0 Å². The van der Waals surface area contributed by atoms with Gasteiger partial charge >= 0.3 is 0 Å². The molecule has 11 heteroatoms. The monoisotopic (exact) mass is 477 g/mol. The van der Waals surface area contributed by atoms with Crippen LogP contribution >= 0.6 is 12.4 Å². The van der Waals surface area contributed by atoms with Crippen LogP contribution in [-0.4, -0.2) is 73.6 Å². The van der Waals surface area contributed by atoms with E-state index in [4.69, 9.17) is 14.7 Å². The normalized spacial score (nSPS) is 20.1. The number of hydrogen-bond donors (Lipinski definition) is 2. The summed E-state index contributed by atoms with van der Waals surface area (Å²) >= 11 is 0. The predicted octanol–water partition coefficient (Wildman–Crippen LogP) is 1.65. The second kappa shape index (κ2) is 11.5. The van der Waals surface area contributed by atoms with Crippen LogP contribution in [0.3, 0.4) is 0 Å². The van der Waals surface area contributed by atoms with Gasteiger partial charge in [-0.3, -0.25) is 15.0 Å². The molecule has 176 valence electrons. The molecule has 0 aliphatic carbocycles. The standard InChI is InChI=1S/C20H31N3O6S.ClH/c1-28-12-2-3-16-4-5-18(21-15-16)17-6-10-23(11-7-17)30(26,27)20(19(24)22-25)8-13-29-14-9-20;/h4-5,15,17,25H,2-3,6-14H2,1H3,(H,22,24);1H. The lowest BCUT2D eigenvalue weighted by atomic mass is 9.94. The van der Waals surface area contributed by atoms with Crippen molar-refractivity contribution in [2.45, 2.75) is 49.2 Å². The molecule has 3 rings (SSSR count). The highest BCUT2D eigenvalue weighted by Crippen LogP contribution is 2.36. The van der Waals surface area contributed by atoms with Crippen LogP contribution in [0.5, 0.6) is 0 Å². The first kappa shape index (κ1) is 26.0. The molecule has 2 aliphatic heterocycles. The van der Waals surface area contributed by atoms with Crippen molar-refractivity contribution in [1.29, 1.82) is 0 Å². The van der Waals surface area contributed by atoms with E-state index >= 15 is 0 Å². The molecule has 1 aromatic heterocycles. The molecule has 2 N–H and O–H groups in total. The lowest BCUT2D eigenvalue weighted by Gasteiger charge is -2.40. The first-order valence-corrected chi connectivity index (χ1v) is 11.8. The molecule has 31 heavy (non-hydrogen) atoms. The quantitative estimate of drug-likeness (QED) is 0.332. The van der Waals surface area contributed by atoms with Gasteiger partial charge in [-0.15, -0.1) is 12.4 Å². The van der Waals surface area contributed by atoms with Crippen molar-refractivity contribution >= 4 is 28.3 Å². The Morgan fingerprint density at radius 3 is 2.55 bits per heavy atom. The van der Waals surface area contributed by atoms with E-state index in [-0.39, 0.29) is 44.4 Å². The van der Waals surface area contributed by atoms with Crippen molar-refractivity contribution in [1.82, 2.24) is 14.8 Å². The summed E-state index contributed by atoms with van der Waals surface area (Å²) in [6, 6.07) is 4.10.